The van der Waals surface area contributed by atoms with Crippen LogP contribution in [0.5, 0.6) is 0 Å². The second-order valence-corrected chi connectivity index (χ2v) is 10.4. The molecular formula is C28H26N6O3S. The number of aryl methyl sites for hydroxylation is 1. The van der Waals surface area contributed by atoms with E-state index in [0.29, 0.717) is 35.5 Å². The Labute approximate surface area is 223 Å². The third-order valence-corrected chi connectivity index (χ3v) is 7.69. The van der Waals surface area contributed by atoms with Crippen LogP contribution in [0, 0.1) is 6.92 Å². The molecule has 9 nitrogen and oxygen atoms in total. The standard InChI is InChI=1S/C28H26N6O3S/c1-17(13-19-7-4-3-5-8-19)24-32-33-25(37-24)20-14-21(26-29-10-12-36-26)31-22(15-20)28(35)34-11-6-9-23(34)27-30-18(2)16-38-27/h3-5,7-8,10,12,14-17,23H,6,9,11,13H2,1-2H3. The second-order valence-electron chi connectivity index (χ2n) is 9.48. The predicted octanol–water partition coefficient (Wildman–Crippen LogP) is 5.88. The van der Waals surface area contributed by atoms with E-state index in [-0.39, 0.29) is 23.6 Å². The van der Waals surface area contributed by atoms with E-state index in [0.717, 1.165) is 30.0 Å². The monoisotopic (exact) mass is 526 g/mol. The number of likely N-dealkylation sites (tertiary alicyclic amines) is 1. The number of rotatable bonds is 7. The lowest BCUT2D eigenvalue weighted by Crippen LogP contribution is -2.31. The lowest BCUT2D eigenvalue weighted by molar-refractivity contribution is 0.0729. The van der Waals surface area contributed by atoms with E-state index in [9.17, 15) is 4.79 Å². The van der Waals surface area contributed by atoms with Crippen LogP contribution in [0.3, 0.4) is 0 Å². The topological polar surface area (TPSA) is 111 Å². The van der Waals surface area contributed by atoms with Crippen LogP contribution in [0.15, 0.2) is 69.1 Å². The van der Waals surface area contributed by atoms with Gasteiger partial charge in [0.15, 0.2) is 0 Å². The summed E-state index contributed by atoms with van der Waals surface area (Å²) in [4.78, 5) is 29.1. The van der Waals surface area contributed by atoms with Gasteiger partial charge in [0.1, 0.15) is 22.7 Å². The van der Waals surface area contributed by atoms with E-state index >= 15 is 0 Å². The van der Waals surface area contributed by atoms with Crippen LogP contribution in [-0.4, -0.2) is 42.5 Å². The third kappa shape index (κ3) is 4.87. The normalized spacial score (nSPS) is 16.2. The largest absolute Gasteiger partial charge is 0.443 e. The fourth-order valence-corrected chi connectivity index (χ4v) is 5.71. The van der Waals surface area contributed by atoms with Gasteiger partial charge in [0.2, 0.25) is 17.7 Å². The molecule has 1 fully saturated rings. The van der Waals surface area contributed by atoms with Crippen molar-refractivity contribution in [3.63, 3.8) is 0 Å². The van der Waals surface area contributed by atoms with E-state index < -0.39 is 0 Å². The van der Waals surface area contributed by atoms with Gasteiger partial charge in [-0.1, -0.05) is 37.3 Å². The minimum atomic E-state index is -0.174. The molecule has 0 spiro atoms. The van der Waals surface area contributed by atoms with Gasteiger partial charge in [0.25, 0.3) is 5.91 Å². The van der Waals surface area contributed by atoms with Crippen molar-refractivity contribution >= 4 is 17.2 Å². The molecule has 0 saturated carbocycles. The molecule has 5 aromatic rings. The number of carbonyl (C=O) groups excluding carboxylic acids is 1. The van der Waals surface area contributed by atoms with Gasteiger partial charge in [-0.3, -0.25) is 4.79 Å². The third-order valence-electron chi connectivity index (χ3n) is 6.63. The van der Waals surface area contributed by atoms with Crippen LogP contribution >= 0.6 is 11.3 Å². The molecular weight excluding hydrogens is 500 g/mol. The molecule has 1 aromatic carbocycles. The Balaban J connectivity index is 1.33. The Kier molecular flexibility index (Phi) is 6.55. The van der Waals surface area contributed by atoms with Gasteiger partial charge in [-0.2, -0.15) is 0 Å². The maximum Gasteiger partial charge on any atom is 0.273 e. The summed E-state index contributed by atoms with van der Waals surface area (Å²) in [6.07, 6.45) is 5.58. The molecule has 2 unspecified atom stereocenters. The molecule has 0 aliphatic carbocycles. The van der Waals surface area contributed by atoms with Crippen LogP contribution in [-0.2, 0) is 6.42 Å². The quantitative estimate of drug-likeness (QED) is 0.259. The highest BCUT2D eigenvalue weighted by Crippen LogP contribution is 2.35. The van der Waals surface area contributed by atoms with E-state index in [1.54, 1.807) is 29.7 Å². The number of benzene rings is 1. The molecule has 6 rings (SSSR count). The van der Waals surface area contributed by atoms with Crippen LogP contribution in [0.25, 0.3) is 23.0 Å². The van der Waals surface area contributed by atoms with Crippen molar-refractivity contribution in [1.82, 2.24) is 30.0 Å². The van der Waals surface area contributed by atoms with Gasteiger partial charge >= 0.3 is 0 Å². The minimum Gasteiger partial charge on any atom is -0.443 e. The zero-order chi connectivity index (χ0) is 26.1. The van der Waals surface area contributed by atoms with E-state index in [1.165, 1.54) is 11.8 Å². The molecule has 4 aromatic heterocycles. The summed E-state index contributed by atoms with van der Waals surface area (Å²) in [5, 5.41) is 11.6. The SMILES string of the molecule is Cc1csc(C2CCCN2C(=O)c2cc(-c3nnc(C(C)Cc4ccccc4)o3)cc(-c3ncco3)n2)n1. The first-order chi connectivity index (χ1) is 18.5. The lowest BCUT2D eigenvalue weighted by Gasteiger charge is -2.23. The second kappa shape index (κ2) is 10.3. The van der Waals surface area contributed by atoms with Crippen molar-refractivity contribution in [1.29, 1.82) is 0 Å². The number of hydrogen-bond acceptors (Lipinski definition) is 9. The lowest BCUT2D eigenvalue weighted by atomic mass is 10.0. The molecule has 0 radical (unpaired) electrons. The van der Waals surface area contributed by atoms with Crippen molar-refractivity contribution < 1.29 is 13.6 Å². The highest BCUT2D eigenvalue weighted by atomic mass is 32.1. The number of amides is 1. The smallest absolute Gasteiger partial charge is 0.273 e. The van der Waals surface area contributed by atoms with Crippen molar-refractivity contribution in [2.45, 2.75) is 45.1 Å². The van der Waals surface area contributed by atoms with E-state index in [2.05, 4.69) is 44.2 Å². The van der Waals surface area contributed by atoms with Crippen LogP contribution in [0.2, 0.25) is 0 Å². The minimum absolute atomic E-state index is 0.0277. The first-order valence-electron chi connectivity index (χ1n) is 12.6. The molecule has 38 heavy (non-hydrogen) atoms. The number of nitrogens with zero attached hydrogens (tertiary/aromatic N) is 6. The van der Waals surface area contributed by atoms with E-state index in [1.807, 2.05) is 35.4 Å². The van der Waals surface area contributed by atoms with Crippen molar-refractivity contribution in [2.75, 3.05) is 6.54 Å². The summed E-state index contributed by atoms with van der Waals surface area (Å²) >= 11 is 1.59. The Morgan fingerprint density at radius 3 is 2.79 bits per heavy atom. The van der Waals surface area contributed by atoms with Gasteiger partial charge in [-0.25, -0.2) is 15.0 Å². The van der Waals surface area contributed by atoms with Gasteiger partial charge in [-0.05, 0) is 43.9 Å². The summed E-state index contributed by atoms with van der Waals surface area (Å²) in [6, 6.07) is 13.6. The predicted molar refractivity (Wildman–Crippen MR) is 141 cm³/mol. The fourth-order valence-electron chi connectivity index (χ4n) is 4.77. The van der Waals surface area contributed by atoms with Crippen LogP contribution in [0.1, 0.15) is 64.4 Å². The van der Waals surface area contributed by atoms with Gasteiger partial charge < -0.3 is 13.7 Å². The molecule has 1 amide bonds. The fraction of sp³-hybridized carbons (Fsp3) is 0.286. The number of thiazole rings is 1. The molecule has 10 heteroatoms. The maximum atomic E-state index is 13.8. The zero-order valence-corrected chi connectivity index (χ0v) is 21.9. The van der Waals surface area contributed by atoms with Crippen molar-refractivity contribution in [3.8, 4) is 23.0 Å². The first kappa shape index (κ1) is 24.2. The summed E-state index contributed by atoms with van der Waals surface area (Å²) in [5.74, 6) is 1.02. The molecule has 1 aliphatic rings. The first-order valence-corrected chi connectivity index (χ1v) is 13.5. The Morgan fingerprint density at radius 1 is 1.16 bits per heavy atom. The summed E-state index contributed by atoms with van der Waals surface area (Å²) in [7, 11) is 0. The van der Waals surface area contributed by atoms with Crippen molar-refractivity contribution in [2.24, 2.45) is 0 Å². The highest BCUT2D eigenvalue weighted by Gasteiger charge is 2.34. The molecule has 192 valence electrons. The molecule has 0 N–H and O–H groups in total. The highest BCUT2D eigenvalue weighted by molar-refractivity contribution is 7.09. The molecule has 5 heterocycles. The summed E-state index contributed by atoms with van der Waals surface area (Å²) in [6.45, 7) is 4.66. The summed E-state index contributed by atoms with van der Waals surface area (Å²) in [5.41, 5.74) is 3.44. The van der Waals surface area contributed by atoms with E-state index in [4.69, 9.17) is 8.83 Å². The Bertz CT molecular complexity index is 1550. The Hall–Kier alpha value is -4.18. The number of carbonyl (C=O) groups is 1. The van der Waals surface area contributed by atoms with Crippen LogP contribution in [0.4, 0.5) is 0 Å². The maximum absolute atomic E-state index is 13.8. The van der Waals surface area contributed by atoms with Gasteiger partial charge in [0.05, 0.1) is 12.2 Å². The molecule has 1 saturated heterocycles. The Morgan fingerprint density at radius 2 is 2.03 bits per heavy atom. The summed E-state index contributed by atoms with van der Waals surface area (Å²) < 4.78 is 11.6. The molecule has 0 bridgehead atoms. The number of hydrogen-bond donors (Lipinski definition) is 0. The number of aromatic nitrogens is 5. The number of pyridine rings is 1. The average Bonchev–Trinajstić information content (AvgIpc) is 3.75. The van der Waals surface area contributed by atoms with Gasteiger partial charge in [-0.15, -0.1) is 21.5 Å². The molecule has 1 aliphatic heterocycles. The average molecular weight is 527 g/mol. The van der Waals surface area contributed by atoms with Crippen LogP contribution < -0.4 is 0 Å². The molecule has 2 atom stereocenters. The van der Waals surface area contributed by atoms with Crippen molar-refractivity contribution in [3.05, 3.63) is 88.2 Å². The van der Waals surface area contributed by atoms with Gasteiger partial charge in [0, 0.05) is 29.1 Å². The number of oxazole rings is 1. The zero-order valence-electron chi connectivity index (χ0n) is 21.1.